The van der Waals surface area contributed by atoms with Crippen LogP contribution >= 0.6 is 11.8 Å². The number of H-pyrrole nitrogens is 1. The summed E-state index contributed by atoms with van der Waals surface area (Å²) in [7, 11) is 0. The van der Waals surface area contributed by atoms with Crippen molar-refractivity contribution in [3.8, 4) is 0 Å². The lowest BCUT2D eigenvalue weighted by Crippen LogP contribution is -1.87. The van der Waals surface area contributed by atoms with Crippen molar-refractivity contribution in [2.24, 2.45) is 0 Å². The van der Waals surface area contributed by atoms with E-state index in [1.54, 1.807) is 18.0 Å². The van der Waals surface area contributed by atoms with Crippen LogP contribution in [0.5, 0.6) is 0 Å². The molecule has 56 valence electrons. The summed E-state index contributed by atoms with van der Waals surface area (Å²) in [4.78, 5) is 7.22. The van der Waals surface area contributed by atoms with Crippen LogP contribution in [0.3, 0.4) is 0 Å². The Bertz CT molecular complexity index is 285. The Morgan fingerprint density at radius 1 is 1.55 bits per heavy atom. The first-order valence-corrected chi connectivity index (χ1v) is 4.50. The Balaban J connectivity index is 2.29. The number of imidazole rings is 1. The zero-order valence-electron chi connectivity index (χ0n) is 5.95. The monoisotopic (exact) mass is 164 g/mol. The largest absolute Gasteiger partial charge is 0.345 e. The third-order valence-corrected chi connectivity index (χ3v) is 2.20. The quantitative estimate of drug-likeness (QED) is 0.688. The SMILES string of the molecule is C1=CC(c2ncc[nH]2)=CCS1. The van der Waals surface area contributed by atoms with Gasteiger partial charge >= 0.3 is 0 Å². The summed E-state index contributed by atoms with van der Waals surface area (Å²) in [5.74, 6) is 2.01. The molecule has 2 rings (SSSR count). The summed E-state index contributed by atoms with van der Waals surface area (Å²) < 4.78 is 0. The zero-order chi connectivity index (χ0) is 7.52. The van der Waals surface area contributed by atoms with E-state index in [9.17, 15) is 0 Å². The predicted octanol–water partition coefficient (Wildman–Crippen LogP) is 2.05. The summed E-state index contributed by atoms with van der Waals surface area (Å²) in [5.41, 5.74) is 1.19. The molecule has 0 spiro atoms. The molecular formula is C8H8N2S. The Labute approximate surface area is 69.4 Å². The van der Waals surface area contributed by atoms with E-state index in [2.05, 4.69) is 27.5 Å². The van der Waals surface area contributed by atoms with Crippen LogP contribution in [-0.4, -0.2) is 15.7 Å². The van der Waals surface area contributed by atoms with Gasteiger partial charge in [-0.3, -0.25) is 0 Å². The van der Waals surface area contributed by atoms with Gasteiger partial charge in [0.2, 0.25) is 0 Å². The van der Waals surface area contributed by atoms with E-state index in [-0.39, 0.29) is 0 Å². The fourth-order valence-corrected chi connectivity index (χ4v) is 1.61. The second kappa shape index (κ2) is 2.96. The highest BCUT2D eigenvalue weighted by Crippen LogP contribution is 2.19. The molecule has 0 fully saturated rings. The number of nitrogens with zero attached hydrogens (tertiary/aromatic N) is 1. The van der Waals surface area contributed by atoms with E-state index in [1.807, 2.05) is 6.20 Å². The lowest BCUT2D eigenvalue weighted by molar-refractivity contribution is 1.24. The first-order valence-electron chi connectivity index (χ1n) is 3.45. The molecule has 11 heavy (non-hydrogen) atoms. The molecule has 1 aliphatic rings. The van der Waals surface area contributed by atoms with Crippen molar-refractivity contribution in [1.29, 1.82) is 0 Å². The minimum Gasteiger partial charge on any atom is -0.345 e. The van der Waals surface area contributed by atoms with E-state index in [0.717, 1.165) is 11.6 Å². The summed E-state index contributed by atoms with van der Waals surface area (Å²) in [5, 5.41) is 2.10. The summed E-state index contributed by atoms with van der Waals surface area (Å²) in [6.45, 7) is 0. The summed E-state index contributed by atoms with van der Waals surface area (Å²) in [6, 6.07) is 0. The Kier molecular flexibility index (Phi) is 1.81. The van der Waals surface area contributed by atoms with Crippen molar-refractivity contribution in [2.45, 2.75) is 0 Å². The smallest absolute Gasteiger partial charge is 0.136 e. The lowest BCUT2D eigenvalue weighted by Gasteiger charge is -2.01. The molecule has 0 unspecified atom stereocenters. The van der Waals surface area contributed by atoms with Crippen LogP contribution < -0.4 is 0 Å². The maximum absolute atomic E-state index is 4.16. The molecule has 0 aliphatic carbocycles. The highest BCUT2D eigenvalue weighted by Gasteiger charge is 2.01. The van der Waals surface area contributed by atoms with Gasteiger partial charge in [-0.05, 0) is 11.5 Å². The molecule has 1 aliphatic heterocycles. The molecule has 0 amide bonds. The van der Waals surface area contributed by atoms with Gasteiger partial charge in [0.1, 0.15) is 5.82 Å². The standard InChI is InChI=1S/C8H8N2S/c1-5-11-6-2-7(1)8-9-3-4-10-8/h1-5H,6H2,(H,9,10). The van der Waals surface area contributed by atoms with E-state index < -0.39 is 0 Å². The minimum absolute atomic E-state index is 0.960. The van der Waals surface area contributed by atoms with Crippen molar-refractivity contribution in [3.63, 3.8) is 0 Å². The second-order valence-electron chi connectivity index (χ2n) is 2.23. The molecule has 1 N–H and O–H groups in total. The molecular weight excluding hydrogens is 156 g/mol. The highest BCUT2D eigenvalue weighted by atomic mass is 32.2. The molecule has 0 atom stereocenters. The van der Waals surface area contributed by atoms with Crippen LogP contribution in [0.15, 0.2) is 30.0 Å². The summed E-state index contributed by atoms with van der Waals surface area (Å²) >= 11 is 1.80. The number of hydrogen-bond acceptors (Lipinski definition) is 2. The molecule has 2 nitrogen and oxygen atoms in total. The van der Waals surface area contributed by atoms with Crippen LogP contribution in [0.2, 0.25) is 0 Å². The molecule has 1 aromatic heterocycles. The predicted molar refractivity (Wildman–Crippen MR) is 48.2 cm³/mol. The van der Waals surface area contributed by atoms with Gasteiger partial charge in [-0.1, -0.05) is 6.08 Å². The van der Waals surface area contributed by atoms with Gasteiger partial charge in [-0.15, -0.1) is 11.8 Å². The average molecular weight is 164 g/mol. The van der Waals surface area contributed by atoms with Crippen molar-refractivity contribution in [3.05, 3.63) is 35.8 Å². The van der Waals surface area contributed by atoms with Gasteiger partial charge < -0.3 is 4.98 Å². The fourth-order valence-electron chi connectivity index (χ4n) is 0.982. The van der Waals surface area contributed by atoms with E-state index in [0.29, 0.717) is 0 Å². The second-order valence-corrected chi connectivity index (χ2v) is 3.17. The maximum atomic E-state index is 4.16. The fraction of sp³-hybridized carbons (Fsp3) is 0.125. The van der Waals surface area contributed by atoms with E-state index in [4.69, 9.17) is 0 Å². The topological polar surface area (TPSA) is 28.7 Å². The van der Waals surface area contributed by atoms with Gasteiger partial charge in [0.15, 0.2) is 0 Å². The van der Waals surface area contributed by atoms with Crippen LogP contribution in [0.25, 0.3) is 5.57 Å². The normalized spacial score (nSPS) is 16.5. The van der Waals surface area contributed by atoms with Crippen LogP contribution in [-0.2, 0) is 0 Å². The van der Waals surface area contributed by atoms with Gasteiger partial charge in [0.05, 0.1) is 0 Å². The molecule has 0 bridgehead atoms. The molecule has 0 aromatic carbocycles. The van der Waals surface area contributed by atoms with E-state index >= 15 is 0 Å². The van der Waals surface area contributed by atoms with Crippen molar-refractivity contribution in [1.82, 2.24) is 9.97 Å². The van der Waals surface area contributed by atoms with Crippen LogP contribution in [0.4, 0.5) is 0 Å². The van der Waals surface area contributed by atoms with Gasteiger partial charge in [0, 0.05) is 23.7 Å². The van der Waals surface area contributed by atoms with E-state index in [1.165, 1.54) is 5.57 Å². The number of hydrogen-bond donors (Lipinski definition) is 1. The third-order valence-electron chi connectivity index (χ3n) is 1.51. The highest BCUT2D eigenvalue weighted by molar-refractivity contribution is 8.02. The first kappa shape index (κ1) is 6.73. The van der Waals surface area contributed by atoms with Crippen molar-refractivity contribution >= 4 is 17.3 Å². The average Bonchev–Trinajstić information content (AvgIpc) is 2.58. The van der Waals surface area contributed by atoms with Gasteiger partial charge in [0.25, 0.3) is 0 Å². The van der Waals surface area contributed by atoms with Crippen LogP contribution in [0.1, 0.15) is 5.82 Å². The number of aromatic amines is 1. The van der Waals surface area contributed by atoms with Crippen molar-refractivity contribution < 1.29 is 0 Å². The number of aromatic nitrogens is 2. The minimum atomic E-state index is 0.960. The first-order chi connectivity index (χ1) is 5.47. The zero-order valence-corrected chi connectivity index (χ0v) is 6.77. The maximum Gasteiger partial charge on any atom is 0.136 e. The van der Waals surface area contributed by atoms with Gasteiger partial charge in [-0.2, -0.15) is 0 Å². The Morgan fingerprint density at radius 2 is 2.55 bits per heavy atom. The molecule has 0 saturated carbocycles. The number of allylic oxidation sites excluding steroid dienone is 2. The number of rotatable bonds is 1. The number of nitrogens with one attached hydrogen (secondary N) is 1. The van der Waals surface area contributed by atoms with Crippen LogP contribution in [0, 0.1) is 0 Å². The molecule has 3 heteroatoms. The summed E-state index contributed by atoms with van der Waals surface area (Å²) in [6.07, 6.45) is 7.86. The third kappa shape index (κ3) is 1.38. The van der Waals surface area contributed by atoms with Gasteiger partial charge in [-0.25, -0.2) is 4.98 Å². The Morgan fingerprint density at radius 3 is 3.18 bits per heavy atom. The Hall–Kier alpha value is -0.960. The lowest BCUT2D eigenvalue weighted by atomic mass is 10.2. The molecule has 1 aromatic rings. The van der Waals surface area contributed by atoms with Crippen molar-refractivity contribution in [2.75, 3.05) is 5.75 Å². The molecule has 0 radical (unpaired) electrons. The number of thioether (sulfide) groups is 1. The molecule has 2 heterocycles. The molecule has 0 saturated heterocycles.